The quantitative estimate of drug-likeness (QED) is 0.533. The van der Waals surface area contributed by atoms with E-state index in [2.05, 4.69) is 0 Å². The fourth-order valence-electron chi connectivity index (χ4n) is 1.54. The molecule has 5 heteroatoms. The number of hydrogen-bond donors (Lipinski definition) is 3. The van der Waals surface area contributed by atoms with Crippen LogP contribution in [0.4, 0.5) is 4.79 Å². The second-order valence-electron chi connectivity index (χ2n) is 3.66. The Balaban J connectivity index is 2.51. The molecule has 0 aliphatic carbocycles. The third-order valence-electron chi connectivity index (χ3n) is 2.75. The van der Waals surface area contributed by atoms with Gasteiger partial charge in [0.25, 0.3) is 0 Å². The molecule has 1 heterocycles. The number of nitrogens with two attached hydrogens (primary N) is 1. The van der Waals surface area contributed by atoms with E-state index in [9.17, 15) is 9.90 Å². The van der Waals surface area contributed by atoms with Gasteiger partial charge < -0.3 is 20.8 Å². The second kappa shape index (κ2) is 3.51. The maximum Gasteiger partial charge on any atom is 0.407 e. The van der Waals surface area contributed by atoms with Crippen molar-refractivity contribution >= 4 is 6.09 Å². The minimum atomic E-state index is -0.924. The molecule has 0 aromatic heterocycles. The van der Waals surface area contributed by atoms with Crippen LogP contribution in [0.1, 0.15) is 19.8 Å². The van der Waals surface area contributed by atoms with Crippen molar-refractivity contribution in [3.05, 3.63) is 0 Å². The van der Waals surface area contributed by atoms with Gasteiger partial charge in [-0.25, -0.2) is 4.79 Å². The van der Waals surface area contributed by atoms with Crippen LogP contribution in [0.25, 0.3) is 0 Å². The van der Waals surface area contributed by atoms with E-state index in [0.717, 1.165) is 0 Å². The van der Waals surface area contributed by atoms with Gasteiger partial charge in [-0.05, 0) is 19.8 Å². The number of rotatable bonds is 1. The summed E-state index contributed by atoms with van der Waals surface area (Å²) in [4.78, 5) is 11.9. The van der Waals surface area contributed by atoms with Crippen molar-refractivity contribution in [2.45, 2.75) is 31.4 Å². The minimum absolute atomic E-state index is 0.302. The normalized spacial score (nSPS) is 24.1. The molecule has 1 aliphatic rings. The van der Waals surface area contributed by atoms with E-state index < -0.39 is 11.7 Å². The molecular formula is C8H16N2O3. The highest BCUT2D eigenvalue weighted by atomic mass is 16.4. The van der Waals surface area contributed by atoms with Crippen molar-refractivity contribution in [3.8, 4) is 0 Å². The molecule has 76 valence electrons. The van der Waals surface area contributed by atoms with Gasteiger partial charge >= 0.3 is 6.09 Å². The molecule has 13 heavy (non-hydrogen) atoms. The van der Waals surface area contributed by atoms with Gasteiger partial charge in [0, 0.05) is 19.1 Å². The van der Waals surface area contributed by atoms with Crippen molar-refractivity contribution in [1.29, 1.82) is 0 Å². The van der Waals surface area contributed by atoms with Crippen molar-refractivity contribution in [1.82, 2.24) is 4.90 Å². The molecule has 0 aromatic rings. The van der Waals surface area contributed by atoms with Crippen molar-refractivity contribution < 1.29 is 15.0 Å². The molecule has 0 spiro atoms. The van der Waals surface area contributed by atoms with Gasteiger partial charge in [0.1, 0.15) is 0 Å². The highest BCUT2D eigenvalue weighted by Gasteiger charge is 2.36. The average Bonchev–Trinajstić information content (AvgIpc) is 2.04. The van der Waals surface area contributed by atoms with E-state index in [1.165, 1.54) is 4.90 Å². The van der Waals surface area contributed by atoms with Crippen LogP contribution in [0.15, 0.2) is 0 Å². The Bertz CT molecular complexity index is 198. The Morgan fingerprint density at radius 1 is 1.54 bits per heavy atom. The smallest absolute Gasteiger partial charge is 0.407 e. The van der Waals surface area contributed by atoms with Crippen LogP contribution < -0.4 is 5.73 Å². The first kappa shape index (κ1) is 10.3. The Labute approximate surface area is 77.1 Å². The molecule has 1 atom stereocenters. The molecule has 0 saturated carbocycles. The lowest BCUT2D eigenvalue weighted by atomic mass is 9.86. The first-order chi connectivity index (χ1) is 5.96. The van der Waals surface area contributed by atoms with Crippen molar-refractivity contribution in [2.24, 2.45) is 5.73 Å². The first-order valence-corrected chi connectivity index (χ1v) is 4.41. The van der Waals surface area contributed by atoms with E-state index in [1.54, 1.807) is 6.92 Å². The topological polar surface area (TPSA) is 86.8 Å². The lowest BCUT2D eigenvalue weighted by Crippen LogP contribution is -2.54. The maximum atomic E-state index is 10.5. The molecule has 0 radical (unpaired) electrons. The van der Waals surface area contributed by atoms with Crippen LogP contribution in [0.5, 0.6) is 0 Å². The summed E-state index contributed by atoms with van der Waals surface area (Å²) in [5, 5.41) is 18.6. The molecule has 1 amide bonds. The summed E-state index contributed by atoms with van der Waals surface area (Å²) in [7, 11) is 0. The Morgan fingerprint density at radius 3 is 2.31 bits per heavy atom. The van der Waals surface area contributed by atoms with E-state index in [1.807, 2.05) is 0 Å². The molecule has 1 aliphatic heterocycles. The predicted molar refractivity (Wildman–Crippen MR) is 47.4 cm³/mol. The van der Waals surface area contributed by atoms with Crippen LogP contribution in [0, 0.1) is 0 Å². The number of likely N-dealkylation sites (tertiary alicyclic amines) is 1. The van der Waals surface area contributed by atoms with Gasteiger partial charge in [-0.2, -0.15) is 0 Å². The average molecular weight is 188 g/mol. The Morgan fingerprint density at radius 2 is 2.00 bits per heavy atom. The number of aliphatic hydroxyl groups is 1. The molecule has 1 fully saturated rings. The summed E-state index contributed by atoms with van der Waals surface area (Å²) in [6, 6.07) is -0.302. The van der Waals surface area contributed by atoms with E-state index in [0.29, 0.717) is 25.9 Å². The lowest BCUT2D eigenvalue weighted by Gasteiger charge is -2.39. The van der Waals surface area contributed by atoms with Crippen LogP contribution >= 0.6 is 0 Å². The zero-order valence-corrected chi connectivity index (χ0v) is 7.73. The predicted octanol–water partition coefficient (Wildman–Crippen LogP) is -0.162. The maximum absolute atomic E-state index is 10.5. The standard InChI is InChI=1S/C8H16N2O3/c1-6(9)8(13)2-4-10(5-3-8)7(11)12/h6,13H,2-5,9H2,1H3,(H,11,12)/t6-/m0/s1. The Hall–Kier alpha value is -0.810. The summed E-state index contributed by atoms with van der Waals surface area (Å²) in [5.41, 5.74) is 4.72. The number of nitrogens with zero attached hydrogens (tertiary/aromatic N) is 1. The number of carboxylic acid groups (broad SMARTS) is 1. The van der Waals surface area contributed by atoms with Gasteiger partial charge in [-0.15, -0.1) is 0 Å². The summed E-state index contributed by atoms with van der Waals surface area (Å²) < 4.78 is 0. The Kier molecular flexibility index (Phi) is 2.77. The molecule has 0 bridgehead atoms. The molecule has 1 saturated heterocycles. The summed E-state index contributed by atoms with van der Waals surface area (Å²) >= 11 is 0. The first-order valence-electron chi connectivity index (χ1n) is 4.41. The van der Waals surface area contributed by atoms with Gasteiger partial charge in [-0.1, -0.05) is 0 Å². The van der Waals surface area contributed by atoms with Gasteiger partial charge in [0.15, 0.2) is 0 Å². The number of carbonyl (C=O) groups is 1. The van der Waals surface area contributed by atoms with Crippen LogP contribution in [-0.4, -0.2) is 45.9 Å². The number of amides is 1. The molecule has 0 unspecified atom stereocenters. The molecule has 0 aromatic carbocycles. The summed E-state index contributed by atoms with van der Waals surface area (Å²) in [5.74, 6) is 0. The third kappa shape index (κ3) is 2.10. The molecule has 4 N–H and O–H groups in total. The third-order valence-corrected chi connectivity index (χ3v) is 2.75. The van der Waals surface area contributed by atoms with Gasteiger partial charge in [0.05, 0.1) is 5.60 Å². The second-order valence-corrected chi connectivity index (χ2v) is 3.66. The van der Waals surface area contributed by atoms with E-state index in [4.69, 9.17) is 10.8 Å². The van der Waals surface area contributed by atoms with Crippen LogP contribution in [0.2, 0.25) is 0 Å². The molecule has 5 nitrogen and oxygen atoms in total. The van der Waals surface area contributed by atoms with E-state index >= 15 is 0 Å². The van der Waals surface area contributed by atoms with Crippen LogP contribution in [0.3, 0.4) is 0 Å². The number of piperidine rings is 1. The highest BCUT2D eigenvalue weighted by Crippen LogP contribution is 2.24. The van der Waals surface area contributed by atoms with Gasteiger partial charge in [0.2, 0.25) is 0 Å². The summed E-state index contributed by atoms with van der Waals surface area (Å²) in [6.45, 7) is 2.48. The van der Waals surface area contributed by atoms with Crippen molar-refractivity contribution in [3.63, 3.8) is 0 Å². The zero-order chi connectivity index (χ0) is 10.1. The fourth-order valence-corrected chi connectivity index (χ4v) is 1.54. The minimum Gasteiger partial charge on any atom is -0.465 e. The SMILES string of the molecule is C[C@H](N)C1(O)CCN(C(=O)O)CC1. The van der Waals surface area contributed by atoms with E-state index in [-0.39, 0.29) is 6.04 Å². The van der Waals surface area contributed by atoms with Crippen LogP contribution in [-0.2, 0) is 0 Å². The van der Waals surface area contributed by atoms with Crippen molar-refractivity contribution in [2.75, 3.05) is 13.1 Å². The molecular weight excluding hydrogens is 172 g/mol. The van der Waals surface area contributed by atoms with Gasteiger partial charge in [-0.3, -0.25) is 0 Å². The summed E-state index contributed by atoms with van der Waals surface area (Å²) in [6.07, 6.45) is -0.0692. The highest BCUT2D eigenvalue weighted by molar-refractivity contribution is 5.65. The fraction of sp³-hybridized carbons (Fsp3) is 0.875. The zero-order valence-electron chi connectivity index (χ0n) is 7.73. The number of hydrogen-bond acceptors (Lipinski definition) is 3. The molecule has 1 rings (SSSR count). The largest absolute Gasteiger partial charge is 0.465 e. The monoisotopic (exact) mass is 188 g/mol. The lowest BCUT2D eigenvalue weighted by molar-refractivity contribution is -0.0322.